The third-order valence-electron chi connectivity index (χ3n) is 4.13. The summed E-state index contributed by atoms with van der Waals surface area (Å²) < 4.78 is 0. The lowest BCUT2D eigenvalue weighted by Crippen LogP contribution is -2.27. The molecule has 2 bridgehead atoms. The van der Waals surface area contributed by atoms with Crippen molar-refractivity contribution in [3.05, 3.63) is 18.3 Å². The second kappa shape index (κ2) is 4.02. The predicted molar refractivity (Wildman–Crippen MR) is 66.2 cm³/mol. The van der Waals surface area contributed by atoms with Crippen molar-refractivity contribution < 1.29 is 4.79 Å². The quantitative estimate of drug-likeness (QED) is 0.818. The Morgan fingerprint density at radius 2 is 2.24 bits per heavy atom. The molecule has 4 nitrogen and oxygen atoms in total. The number of carbonyl (C=O) groups is 1. The van der Waals surface area contributed by atoms with Crippen LogP contribution in [0, 0.1) is 17.8 Å². The van der Waals surface area contributed by atoms with Gasteiger partial charge in [0, 0.05) is 5.92 Å². The number of hydrogen-bond acceptors (Lipinski definition) is 3. The lowest BCUT2D eigenvalue weighted by Gasteiger charge is -2.20. The van der Waals surface area contributed by atoms with E-state index < -0.39 is 0 Å². The summed E-state index contributed by atoms with van der Waals surface area (Å²) in [6, 6.07) is 3.50. The molecule has 3 rings (SSSR count). The second-order valence-electron chi connectivity index (χ2n) is 5.24. The van der Waals surface area contributed by atoms with Gasteiger partial charge in [0.25, 0.3) is 0 Å². The fraction of sp³-hybridized carbons (Fsp3) is 0.538. The molecule has 1 aromatic heterocycles. The van der Waals surface area contributed by atoms with E-state index in [4.69, 9.17) is 5.73 Å². The van der Waals surface area contributed by atoms with Crippen LogP contribution in [0.4, 0.5) is 11.5 Å². The summed E-state index contributed by atoms with van der Waals surface area (Å²) in [5, 5.41) is 2.94. The number of hydrogen-bond donors (Lipinski definition) is 2. The number of carbonyl (C=O) groups excluding carboxylic acids is 1. The minimum Gasteiger partial charge on any atom is -0.384 e. The summed E-state index contributed by atoms with van der Waals surface area (Å²) >= 11 is 0. The molecule has 0 radical (unpaired) electrons. The molecule has 0 saturated heterocycles. The van der Waals surface area contributed by atoms with Crippen LogP contribution >= 0.6 is 0 Å². The molecule has 0 aliphatic heterocycles. The molecule has 0 aromatic carbocycles. The molecule has 2 saturated carbocycles. The summed E-state index contributed by atoms with van der Waals surface area (Å²) in [4.78, 5) is 16.1. The van der Waals surface area contributed by atoms with Crippen LogP contribution in [0.2, 0.25) is 0 Å². The molecular formula is C13H17N3O. The van der Waals surface area contributed by atoms with E-state index >= 15 is 0 Å². The van der Waals surface area contributed by atoms with Crippen LogP contribution in [0.15, 0.2) is 18.3 Å². The third kappa shape index (κ3) is 1.99. The number of aromatic nitrogens is 1. The van der Waals surface area contributed by atoms with Crippen LogP contribution in [0.25, 0.3) is 0 Å². The molecule has 1 amide bonds. The third-order valence-corrected chi connectivity index (χ3v) is 4.13. The van der Waals surface area contributed by atoms with E-state index in [-0.39, 0.29) is 11.8 Å². The molecule has 4 heteroatoms. The van der Waals surface area contributed by atoms with Crippen LogP contribution in [0.5, 0.6) is 0 Å². The lowest BCUT2D eigenvalue weighted by atomic mass is 9.88. The Balaban J connectivity index is 1.65. The molecule has 0 spiro atoms. The maximum Gasteiger partial charge on any atom is 0.227 e. The topological polar surface area (TPSA) is 68.0 Å². The average Bonchev–Trinajstić information content (AvgIpc) is 2.94. The largest absolute Gasteiger partial charge is 0.384 e. The van der Waals surface area contributed by atoms with Crippen molar-refractivity contribution in [3.63, 3.8) is 0 Å². The molecule has 17 heavy (non-hydrogen) atoms. The smallest absolute Gasteiger partial charge is 0.227 e. The summed E-state index contributed by atoms with van der Waals surface area (Å²) in [7, 11) is 0. The Hall–Kier alpha value is -1.58. The van der Waals surface area contributed by atoms with E-state index in [1.54, 1.807) is 18.3 Å². The van der Waals surface area contributed by atoms with E-state index in [1.807, 2.05) is 0 Å². The summed E-state index contributed by atoms with van der Waals surface area (Å²) in [5.41, 5.74) is 6.25. The first-order valence-electron chi connectivity index (χ1n) is 6.25. The number of nitrogens with zero attached hydrogens (tertiary/aromatic N) is 1. The molecule has 3 unspecified atom stereocenters. The number of nitrogen functional groups attached to an aromatic ring is 1. The highest BCUT2D eigenvalue weighted by Gasteiger charge is 2.42. The second-order valence-corrected chi connectivity index (χ2v) is 5.24. The molecule has 3 N–H and O–H groups in total. The highest BCUT2D eigenvalue weighted by Crippen LogP contribution is 2.48. The first-order chi connectivity index (χ1) is 8.22. The number of nitrogens with two attached hydrogens (primary N) is 1. The standard InChI is InChI=1S/C13H17N3O/c14-12-4-3-10(7-15-12)16-13(17)11-6-8-1-2-9(11)5-8/h3-4,7-9,11H,1-2,5-6H2,(H2,14,15)(H,16,17). The summed E-state index contributed by atoms with van der Waals surface area (Å²) in [6.07, 6.45) is 6.47. The highest BCUT2D eigenvalue weighted by molar-refractivity contribution is 5.92. The molecule has 1 heterocycles. The van der Waals surface area contributed by atoms with Crippen molar-refractivity contribution >= 4 is 17.4 Å². The molecule has 3 atom stereocenters. The Morgan fingerprint density at radius 1 is 1.35 bits per heavy atom. The first-order valence-corrected chi connectivity index (χ1v) is 6.25. The van der Waals surface area contributed by atoms with Crippen molar-refractivity contribution in [2.75, 3.05) is 11.1 Å². The van der Waals surface area contributed by atoms with E-state index in [9.17, 15) is 4.79 Å². The summed E-state index contributed by atoms with van der Waals surface area (Å²) in [5.74, 6) is 2.25. The SMILES string of the molecule is Nc1ccc(NC(=O)C2CC3CCC2C3)cn1. The molecular weight excluding hydrogens is 214 g/mol. The Bertz CT molecular complexity index is 429. The van der Waals surface area contributed by atoms with Gasteiger partial charge in [-0.25, -0.2) is 4.98 Å². The van der Waals surface area contributed by atoms with Gasteiger partial charge in [0.2, 0.25) is 5.91 Å². The van der Waals surface area contributed by atoms with Gasteiger partial charge in [0.1, 0.15) is 5.82 Å². The lowest BCUT2D eigenvalue weighted by molar-refractivity contribution is -0.121. The number of amides is 1. The molecule has 1 aromatic rings. The van der Waals surface area contributed by atoms with Gasteiger partial charge in [-0.15, -0.1) is 0 Å². The van der Waals surface area contributed by atoms with Crippen molar-refractivity contribution in [1.82, 2.24) is 4.98 Å². The Morgan fingerprint density at radius 3 is 2.82 bits per heavy atom. The van der Waals surface area contributed by atoms with Crippen molar-refractivity contribution in [3.8, 4) is 0 Å². The summed E-state index contributed by atoms with van der Waals surface area (Å²) in [6.45, 7) is 0. The average molecular weight is 231 g/mol. The monoisotopic (exact) mass is 231 g/mol. The number of rotatable bonds is 2. The number of nitrogens with one attached hydrogen (secondary N) is 1. The maximum absolute atomic E-state index is 12.1. The minimum atomic E-state index is 0.156. The molecule has 2 fully saturated rings. The van der Waals surface area contributed by atoms with Gasteiger partial charge in [-0.3, -0.25) is 4.79 Å². The predicted octanol–water partition coefficient (Wildman–Crippen LogP) is 2.04. The van der Waals surface area contributed by atoms with E-state index in [1.165, 1.54) is 19.3 Å². The van der Waals surface area contributed by atoms with Crippen molar-refractivity contribution in [2.45, 2.75) is 25.7 Å². The number of anilines is 2. The van der Waals surface area contributed by atoms with E-state index in [0.29, 0.717) is 11.7 Å². The number of pyridine rings is 1. The van der Waals surface area contributed by atoms with Gasteiger partial charge in [-0.1, -0.05) is 6.42 Å². The Labute approximate surface area is 101 Å². The number of fused-ring (bicyclic) bond motifs is 2. The fourth-order valence-corrected chi connectivity index (χ4v) is 3.28. The normalized spacial score (nSPS) is 30.5. The zero-order valence-corrected chi connectivity index (χ0v) is 9.73. The van der Waals surface area contributed by atoms with Gasteiger partial charge in [0.05, 0.1) is 11.9 Å². The van der Waals surface area contributed by atoms with Crippen molar-refractivity contribution in [2.24, 2.45) is 17.8 Å². The molecule has 2 aliphatic rings. The molecule has 90 valence electrons. The van der Waals surface area contributed by atoms with Crippen LogP contribution in [0.1, 0.15) is 25.7 Å². The Kier molecular flexibility index (Phi) is 2.50. The van der Waals surface area contributed by atoms with Crippen LogP contribution in [-0.4, -0.2) is 10.9 Å². The zero-order chi connectivity index (χ0) is 11.8. The van der Waals surface area contributed by atoms with Gasteiger partial charge in [-0.2, -0.15) is 0 Å². The van der Waals surface area contributed by atoms with Crippen molar-refractivity contribution in [1.29, 1.82) is 0 Å². The maximum atomic E-state index is 12.1. The van der Waals surface area contributed by atoms with Crippen LogP contribution in [-0.2, 0) is 4.79 Å². The molecule has 2 aliphatic carbocycles. The van der Waals surface area contributed by atoms with E-state index in [2.05, 4.69) is 10.3 Å². The van der Waals surface area contributed by atoms with Gasteiger partial charge in [0.15, 0.2) is 0 Å². The highest BCUT2D eigenvalue weighted by atomic mass is 16.1. The van der Waals surface area contributed by atoms with Gasteiger partial charge in [-0.05, 0) is 43.2 Å². The first kappa shape index (κ1) is 10.6. The minimum absolute atomic E-state index is 0.156. The van der Waals surface area contributed by atoms with Crippen LogP contribution in [0.3, 0.4) is 0 Å². The van der Waals surface area contributed by atoms with Gasteiger partial charge < -0.3 is 11.1 Å². The van der Waals surface area contributed by atoms with Gasteiger partial charge >= 0.3 is 0 Å². The van der Waals surface area contributed by atoms with E-state index in [0.717, 1.165) is 18.0 Å². The van der Waals surface area contributed by atoms with Crippen LogP contribution < -0.4 is 11.1 Å². The zero-order valence-electron chi connectivity index (χ0n) is 9.73. The fourth-order valence-electron chi connectivity index (χ4n) is 3.28.